The number of ketones is 2. The summed E-state index contributed by atoms with van der Waals surface area (Å²) in [5.74, 6) is 1.09. The SMILES string of the molecule is O=C1C=CC(=O)C(c2ccc(Oc3ccccc3)cc2)=C1. The average Bonchev–Trinajstić information content (AvgIpc) is 2.52. The first-order chi connectivity index (χ1) is 10.2. The monoisotopic (exact) mass is 276 g/mol. The van der Waals surface area contributed by atoms with Gasteiger partial charge >= 0.3 is 0 Å². The first-order valence-corrected chi connectivity index (χ1v) is 6.54. The normalized spacial score (nSPS) is 14.0. The van der Waals surface area contributed by atoms with Crippen LogP contribution in [0.25, 0.3) is 5.57 Å². The van der Waals surface area contributed by atoms with Crippen molar-refractivity contribution >= 4 is 17.1 Å². The molecule has 2 aromatic carbocycles. The number of allylic oxidation sites excluding steroid dienone is 4. The molecule has 0 saturated carbocycles. The molecule has 0 bridgehead atoms. The molecular weight excluding hydrogens is 264 g/mol. The second kappa shape index (κ2) is 5.59. The van der Waals surface area contributed by atoms with Gasteiger partial charge in [0.2, 0.25) is 0 Å². The smallest absolute Gasteiger partial charge is 0.186 e. The van der Waals surface area contributed by atoms with Crippen molar-refractivity contribution in [1.82, 2.24) is 0 Å². The first kappa shape index (κ1) is 13.1. The number of rotatable bonds is 3. The second-order valence-corrected chi connectivity index (χ2v) is 4.60. The van der Waals surface area contributed by atoms with E-state index in [0.29, 0.717) is 16.9 Å². The molecule has 0 fully saturated rings. The molecule has 102 valence electrons. The zero-order valence-corrected chi connectivity index (χ0v) is 11.2. The lowest BCUT2D eigenvalue weighted by molar-refractivity contribution is -0.113. The van der Waals surface area contributed by atoms with Gasteiger partial charge in [0.05, 0.1) is 0 Å². The fourth-order valence-electron chi connectivity index (χ4n) is 2.06. The summed E-state index contributed by atoms with van der Waals surface area (Å²) in [6.45, 7) is 0. The zero-order chi connectivity index (χ0) is 14.7. The van der Waals surface area contributed by atoms with E-state index >= 15 is 0 Å². The van der Waals surface area contributed by atoms with E-state index in [4.69, 9.17) is 4.74 Å². The molecule has 3 rings (SSSR count). The highest BCUT2D eigenvalue weighted by Gasteiger charge is 2.15. The Morgan fingerprint density at radius 1 is 0.714 bits per heavy atom. The van der Waals surface area contributed by atoms with E-state index in [1.807, 2.05) is 30.3 Å². The lowest BCUT2D eigenvalue weighted by Gasteiger charge is -2.09. The summed E-state index contributed by atoms with van der Waals surface area (Å²) in [5, 5.41) is 0. The van der Waals surface area contributed by atoms with Crippen LogP contribution in [0.4, 0.5) is 0 Å². The molecule has 1 aliphatic rings. The van der Waals surface area contributed by atoms with Crippen LogP contribution in [-0.4, -0.2) is 11.6 Å². The number of carbonyl (C=O) groups excluding carboxylic acids is 2. The molecule has 0 heterocycles. The summed E-state index contributed by atoms with van der Waals surface area (Å²) in [6, 6.07) is 16.5. The van der Waals surface area contributed by atoms with Gasteiger partial charge in [-0.3, -0.25) is 9.59 Å². The van der Waals surface area contributed by atoms with Crippen LogP contribution < -0.4 is 4.74 Å². The molecule has 0 saturated heterocycles. The summed E-state index contributed by atoms with van der Waals surface area (Å²) in [6.07, 6.45) is 3.93. The fourth-order valence-corrected chi connectivity index (χ4v) is 2.06. The lowest BCUT2D eigenvalue weighted by Crippen LogP contribution is -2.06. The van der Waals surface area contributed by atoms with Gasteiger partial charge in [0.25, 0.3) is 0 Å². The molecule has 0 spiro atoms. The van der Waals surface area contributed by atoms with Crippen molar-refractivity contribution in [1.29, 1.82) is 0 Å². The minimum Gasteiger partial charge on any atom is -0.457 e. The van der Waals surface area contributed by atoms with E-state index in [1.54, 1.807) is 24.3 Å². The minimum absolute atomic E-state index is 0.161. The van der Waals surface area contributed by atoms with Gasteiger partial charge in [0.1, 0.15) is 11.5 Å². The Kier molecular flexibility index (Phi) is 3.48. The maximum atomic E-state index is 11.8. The Labute approximate surface area is 122 Å². The van der Waals surface area contributed by atoms with Crippen molar-refractivity contribution in [2.24, 2.45) is 0 Å². The van der Waals surface area contributed by atoms with Crippen LogP contribution in [0.5, 0.6) is 11.5 Å². The highest BCUT2D eigenvalue weighted by molar-refractivity contribution is 6.33. The highest BCUT2D eigenvalue weighted by atomic mass is 16.5. The summed E-state index contributed by atoms with van der Waals surface area (Å²) in [7, 11) is 0. The molecule has 3 nitrogen and oxygen atoms in total. The van der Waals surface area contributed by atoms with Crippen LogP contribution in [0.1, 0.15) is 5.56 Å². The maximum absolute atomic E-state index is 11.8. The Hall–Kier alpha value is -2.94. The van der Waals surface area contributed by atoms with Gasteiger partial charge < -0.3 is 4.74 Å². The van der Waals surface area contributed by atoms with Crippen LogP contribution >= 0.6 is 0 Å². The lowest BCUT2D eigenvalue weighted by atomic mass is 9.96. The van der Waals surface area contributed by atoms with E-state index < -0.39 is 0 Å². The number of benzene rings is 2. The topological polar surface area (TPSA) is 43.4 Å². The Bertz CT molecular complexity index is 738. The first-order valence-electron chi connectivity index (χ1n) is 6.54. The van der Waals surface area contributed by atoms with Crippen molar-refractivity contribution in [3.63, 3.8) is 0 Å². The minimum atomic E-state index is -0.172. The number of para-hydroxylation sites is 1. The summed E-state index contributed by atoms with van der Waals surface area (Å²) in [4.78, 5) is 23.1. The third-order valence-corrected chi connectivity index (χ3v) is 3.10. The Balaban J connectivity index is 1.81. The molecule has 0 aliphatic heterocycles. The number of hydrogen-bond donors (Lipinski definition) is 0. The van der Waals surface area contributed by atoms with Crippen molar-refractivity contribution in [3.8, 4) is 11.5 Å². The van der Waals surface area contributed by atoms with E-state index in [9.17, 15) is 9.59 Å². The molecule has 21 heavy (non-hydrogen) atoms. The van der Waals surface area contributed by atoms with E-state index in [-0.39, 0.29) is 11.6 Å². The number of ether oxygens (including phenoxy) is 1. The Morgan fingerprint density at radius 2 is 1.38 bits per heavy atom. The average molecular weight is 276 g/mol. The van der Waals surface area contributed by atoms with Crippen LogP contribution in [0.2, 0.25) is 0 Å². The predicted molar refractivity (Wildman–Crippen MR) is 80.1 cm³/mol. The summed E-state index contributed by atoms with van der Waals surface area (Å²) >= 11 is 0. The van der Waals surface area contributed by atoms with Crippen LogP contribution in [0, 0.1) is 0 Å². The molecule has 0 unspecified atom stereocenters. The van der Waals surface area contributed by atoms with Gasteiger partial charge in [-0.15, -0.1) is 0 Å². The van der Waals surface area contributed by atoms with E-state index in [2.05, 4.69) is 0 Å². The van der Waals surface area contributed by atoms with Crippen molar-refractivity contribution in [2.75, 3.05) is 0 Å². The van der Waals surface area contributed by atoms with Gasteiger partial charge in [-0.05, 0) is 48.1 Å². The largest absolute Gasteiger partial charge is 0.457 e. The van der Waals surface area contributed by atoms with Crippen LogP contribution in [0.3, 0.4) is 0 Å². The standard InChI is InChI=1S/C18H12O3/c19-14-8-11-18(20)17(12-14)13-6-9-16(10-7-13)21-15-4-2-1-3-5-15/h1-12H. The Morgan fingerprint density at radius 3 is 2.10 bits per heavy atom. The van der Waals surface area contributed by atoms with Gasteiger partial charge in [-0.25, -0.2) is 0 Å². The summed E-state index contributed by atoms with van der Waals surface area (Å²) in [5.41, 5.74) is 1.12. The van der Waals surface area contributed by atoms with Crippen molar-refractivity contribution in [3.05, 3.63) is 78.4 Å². The molecular formula is C18H12O3. The van der Waals surface area contributed by atoms with Gasteiger partial charge in [-0.1, -0.05) is 30.3 Å². The summed E-state index contributed by atoms with van der Waals surface area (Å²) < 4.78 is 5.68. The number of carbonyl (C=O) groups is 2. The molecule has 0 atom stereocenters. The fraction of sp³-hybridized carbons (Fsp3) is 0. The molecule has 3 heteroatoms. The molecule has 1 aliphatic carbocycles. The van der Waals surface area contributed by atoms with E-state index in [1.165, 1.54) is 18.2 Å². The molecule has 2 aromatic rings. The molecule has 0 radical (unpaired) electrons. The van der Waals surface area contributed by atoms with Crippen molar-refractivity contribution in [2.45, 2.75) is 0 Å². The van der Waals surface area contributed by atoms with Crippen LogP contribution in [0.15, 0.2) is 72.8 Å². The molecule has 0 amide bonds. The highest BCUT2D eigenvalue weighted by Crippen LogP contribution is 2.25. The predicted octanol–water partition coefficient (Wildman–Crippen LogP) is 3.57. The molecule has 0 aromatic heterocycles. The quantitative estimate of drug-likeness (QED) is 0.805. The van der Waals surface area contributed by atoms with Gasteiger partial charge in [-0.2, -0.15) is 0 Å². The third-order valence-electron chi connectivity index (χ3n) is 3.10. The number of hydrogen-bond acceptors (Lipinski definition) is 3. The second-order valence-electron chi connectivity index (χ2n) is 4.60. The third kappa shape index (κ3) is 2.98. The van der Waals surface area contributed by atoms with Crippen molar-refractivity contribution < 1.29 is 14.3 Å². The maximum Gasteiger partial charge on any atom is 0.186 e. The zero-order valence-electron chi connectivity index (χ0n) is 11.2. The van der Waals surface area contributed by atoms with Gasteiger partial charge in [0.15, 0.2) is 11.6 Å². The van der Waals surface area contributed by atoms with Crippen LogP contribution in [-0.2, 0) is 9.59 Å². The van der Waals surface area contributed by atoms with Gasteiger partial charge in [0, 0.05) is 5.57 Å². The molecule has 0 N–H and O–H groups in total. The van der Waals surface area contributed by atoms with E-state index in [0.717, 1.165) is 5.75 Å².